The van der Waals surface area contributed by atoms with Gasteiger partial charge in [0, 0.05) is 11.6 Å². The second kappa shape index (κ2) is 11.5. The van der Waals surface area contributed by atoms with Gasteiger partial charge in [-0.3, -0.25) is 0 Å². The number of hydrogen-bond donors (Lipinski definition) is 3. The van der Waals surface area contributed by atoms with Gasteiger partial charge >= 0.3 is 5.97 Å². The Bertz CT molecular complexity index is 1240. The first-order chi connectivity index (χ1) is 16.2. The molecule has 1 atom stereocenters. The fourth-order valence-corrected chi connectivity index (χ4v) is 4.81. The normalized spacial score (nSPS) is 12.3. The van der Waals surface area contributed by atoms with Crippen LogP contribution in [0.4, 0.5) is 0 Å². The molecular formula is C25H26ClNO6S. The third kappa shape index (κ3) is 6.36. The summed E-state index contributed by atoms with van der Waals surface area (Å²) in [7, 11) is -3.89. The van der Waals surface area contributed by atoms with Crippen molar-refractivity contribution in [2.75, 3.05) is 19.7 Å². The van der Waals surface area contributed by atoms with Crippen molar-refractivity contribution >= 4 is 27.4 Å². The number of esters is 1. The molecule has 7 nitrogen and oxygen atoms in total. The molecule has 3 rings (SSSR count). The van der Waals surface area contributed by atoms with Crippen LogP contribution in [0.5, 0.6) is 5.75 Å². The average Bonchev–Trinajstić information content (AvgIpc) is 2.82. The van der Waals surface area contributed by atoms with Gasteiger partial charge in [-0.05, 0) is 73.5 Å². The van der Waals surface area contributed by atoms with E-state index in [-0.39, 0.29) is 27.7 Å². The zero-order valence-electron chi connectivity index (χ0n) is 18.6. The number of nitrogens with one attached hydrogen (secondary N) is 1. The summed E-state index contributed by atoms with van der Waals surface area (Å²) in [6.07, 6.45) is -0.0505. The lowest BCUT2D eigenvalue weighted by Crippen LogP contribution is -2.23. The van der Waals surface area contributed by atoms with Crippen molar-refractivity contribution in [2.45, 2.75) is 29.2 Å². The van der Waals surface area contributed by atoms with E-state index in [0.717, 1.165) is 23.3 Å². The average molecular weight is 504 g/mol. The Morgan fingerprint density at radius 1 is 1.06 bits per heavy atom. The van der Waals surface area contributed by atoms with E-state index in [9.17, 15) is 23.4 Å². The molecule has 0 bridgehead atoms. The molecule has 0 aliphatic carbocycles. The molecule has 3 aromatic rings. The van der Waals surface area contributed by atoms with E-state index in [0.29, 0.717) is 24.5 Å². The molecule has 180 valence electrons. The minimum absolute atomic E-state index is 0.0705. The number of ether oxygens (including phenoxy) is 1. The predicted octanol–water partition coefficient (Wildman–Crippen LogP) is 3.92. The van der Waals surface area contributed by atoms with E-state index in [2.05, 4.69) is 5.32 Å². The van der Waals surface area contributed by atoms with Crippen LogP contribution in [-0.2, 0) is 21.0 Å². The number of phenolic OH excluding ortho intramolecular Hbond substituents is 1. The topological polar surface area (TPSA) is 113 Å². The van der Waals surface area contributed by atoms with Crippen LogP contribution in [-0.4, -0.2) is 44.3 Å². The van der Waals surface area contributed by atoms with Crippen molar-refractivity contribution in [1.29, 1.82) is 0 Å². The third-order valence-electron chi connectivity index (χ3n) is 5.17. The molecule has 0 saturated carbocycles. The van der Waals surface area contributed by atoms with E-state index in [1.165, 1.54) is 18.2 Å². The second-order valence-corrected chi connectivity index (χ2v) is 9.96. The van der Waals surface area contributed by atoms with Gasteiger partial charge in [0.1, 0.15) is 11.3 Å². The quantitative estimate of drug-likeness (QED) is 0.284. The fraction of sp³-hybridized carbons (Fsp3) is 0.240. The van der Waals surface area contributed by atoms with Crippen LogP contribution in [0.3, 0.4) is 0 Å². The fourth-order valence-electron chi connectivity index (χ4n) is 3.33. The van der Waals surface area contributed by atoms with Gasteiger partial charge in [-0.1, -0.05) is 35.9 Å². The molecule has 0 spiro atoms. The number of carbonyl (C=O) groups excluding carboxylic acids is 1. The van der Waals surface area contributed by atoms with Crippen LogP contribution < -0.4 is 5.32 Å². The maximum atomic E-state index is 13.0. The highest BCUT2D eigenvalue weighted by atomic mass is 35.5. The van der Waals surface area contributed by atoms with E-state index < -0.39 is 21.9 Å². The minimum atomic E-state index is -3.89. The number of aliphatic hydroxyl groups is 1. The number of halogens is 1. The highest BCUT2D eigenvalue weighted by Gasteiger charge is 2.22. The molecule has 0 unspecified atom stereocenters. The molecule has 0 aromatic heterocycles. The number of hydrogen-bond acceptors (Lipinski definition) is 7. The highest BCUT2D eigenvalue weighted by Crippen LogP contribution is 2.27. The molecule has 9 heteroatoms. The van der Waals surface area contributed by atoms with Crippen molar-refractivity contribution in [3.63, 3.8) is 0 Å². The van der Waals surface area contributed by atoms with E-state index in [1.807, 2.05) is 0 Å². The summed E-state index contributed by atoms with van der Waals surface area (Å²) in [5, 5.41) is 23.9. The molecule has 0 radical (unpaired) electrons. The summed E-state index contributed by atoms with van der Waals surface area (Å²) in [5.74, 6) is -1.14. The van der Waals surface area contributed by atoms with Crippen LogP contribution in [0.15, 0.2) is 76.5 Å². The first-order valence-electron chi connectivity index (χ1n) is 10.7. The monoisotopic (exact) mass is 503 g/mol. The van der Waals surface area contributed by atoms with Crippen LogP contribution in [0.1, 0.15) is 34.5 Å². The van der Waals surface area contributed by atoms with E-state index >= 15 is 0 Å². The number of aromatic hydroxyl groups is 1. The highest BCUT2D eigenvalue weighted by molar-refractivity contribution is 7.91. The Labute approximate surface area is 203 Å². The lowest BCUT2D eigenvalue weighted by molar-refractivity contribution is 0.0522. The van der Waals surface area contributed by atoms with Gasteiger partial charge in [0.15, 0.2) is 0 Å². The van der Waals surface area contributed by atoms with Crippen molar-refractivity contribution in [1.82, 2.24) is 5.32 Å². The smallest absolute Gasteiger partial charge is 0.341 e. The van der Waals surface area contributed by atoms with Gasteiger partial charge in [-0.15, -0.1) is 0 Å². The molecule has 0 saturated heterocycles. The number of rotatable bonds is 10. The molecule has 0 heterocycles. The molecule has 0 aliphatic rings. The summed E-state index contributed by atoms with van der Waals surface area (Å²) >= 11 is 5.95. The molecule has 34 heavy (non-hydrogen) atoms. The number of aliphatic hydroxyl groups excluding tert-OH is 1. The van der Waals surface area contributed by atoms with Crippen LogP contribution in [0, 0.1) is 0 Å². The SMILES string of the molecule is CCOC(=O)c1cc(S(=O)(=O)c2ccc(CCNC[C@@H](O)c3cccc(Cl)c3)cc2)ccc1O. The molecule has 0 aliphatic heterocycles. The lowest BCUT2D eigenvalue weighted by Gasteiger charge is -2.13. The Morgan fingerprint density at radius 2 is 1.76 bits per heavy atom. The largest absolute Gasteiger partial charge is 0.507 e. The Balaban J connectivity index is 1.61. The van der Waals surface area contributed by atoms with E-state index in [4.69, 9.17) is 16.3 Å². The van der Waals surface area contributed by atoms with Crippen LogP contribution >= 0.6 is 11.6 Å². The lowest BCUT2D eigenvalue weighted by atomic mass is 10.1. The number of benzene rings is 3. The minimum Gasteiger partial charge on any atom is -0.507 e. The summed E-state index contributed by atoms with van der Waals surface area (Å²) in [4.78, 5) is 11.9. The van der Waals surface area contributed by atoms with Gasteiger partial charge < -0.3 is 20.3 Å². The maximum Gasteiger partial charge on any atom is 0.341 e. The summed E-state index contributed by atoms with van der Waals surface area (Å²) in [5.41, 5.74) is 1.45. The van der Waals surface area contributed by atoms with E-state index in [1.54, 1.807) is 43.3 Å². The van der Waals surface area contributed by atoms with Gasteiger partial charge in [-0.25, -0.2) is 13.2 Å². The zero-order valence-corrected chi connectivity index (χ0v) is 20.1. The maximum absolute atomic E-state index is 13.0. The first kappa shape index (κ1) is 25.7. The van der Waals surface area contributed by atoms with Crippen molar-refractivity contribution in [3.8, 4) is 5.75 Å². The Kier molecular flexibility index (Phi) is 8.68. The standard InChI is InChI=1S/C25H26ClNO6S/c1-2-33-25(30)22-15-21(10-11-23(22)28)34(31,32)20-8-6-17(7-9-20)12-13-27-16-24(29)18-4-3-5-19(26)14-18/h3-11,14-15,24,27-29H,2,12-13,16H2,1H3/t24-/m1/s1. The molecule has 3 aromatic carbocycles. The number of sulfone groups is 1. The van der Waals surface area contributed by atoms with Crippen LogP contribution in [0.2, 0.25) is 5.02 Å². The molecular weight excluding hydrogens is 478 g/mol. The van der Waals surface area contributed by atoms with Crippen molar-refractivity contribution in [2.24, 2.45) is 0 Å². The summed E-state index contributed by atoms with van der Waals surface area (Å²) < 4.78 is 30.9. The van der Waals surface area contributed by atoms with Crippen molar-refractivity contribution in [3.05, 3.63) is 88.4 Å². The van der Waals surface area contributed by atoms with Gasteiger partial charge in [-0.2, -0.15) is 0 Å². The van der Waals surface area contributed by atoms with Crippen LogP contribution in [0.25, 0.3) is 0 Å². The van der Waals surface area contributed by atoms with Gasteiger partial charge in [0.2, 0.25) is 9.84 Å². The summed E-state index contributed by atoms with van der Waals surface area (Å²) in [6, 6.07) is 17.0. The Hall–Kier alpha value is -2.91. The Morgan fingerprint density at radius 3 is 2.44 bits per heavy atom. The third-order valence-corrected chi connectivity index (χ3v) is 7.17. The second-order valence-electron chi connectivity index (χ2n) is 7.57. The van der Waals surface area contributed by atoms with Gasteiger partial charge in [0.25, 0.3) is 0 Å². The zero-order chi connectivity index (χ0) is 24.7. The molecule has 3 N–H and O–H groups in total. The number of carbonyl (C=O) groups is 1. The predicted molar refractivity (Wildman–Crippen MR) is 129 cm³/mol. The summed E-state index contributed by atoms with van der Waals surface area (Å²) in [6.45, 7) is 2.67. The number of phenols is 1. The van der Waals surface area contributed by atoms with Crippen molar-refractivity contribution < 1.29 is 28.2 Å². The first-order valence-corrected chi connectivity index (χ1v) is 12.6. The molecule has 0 amide bonds. The molecule has 0 fully saturated rings. The van der Waals surface area contributed by atoms with Gasteiger partial charge in [0.05, 0.1) is 22.5 Å².